The van der Waals surface area contributed by atoms with Crippen LogP contribution >= 0.6 is 0 Å². The van der Waals surface area contributed by atoms with Gasteiger partial charge in [-0.15, -0.1) is 5.01 Å². The number of para-hydroxylation sites is 1. The van der Waals surface area contributed by atoms with Gasteiger partial charge in [-0.1, -0.05) is 37.3 Å². The van der Waals surface area contributed by atoms with Gasteiger partial charge >= 0.3 is 6.03 Å². The third kappa shape index (κ3) is 3.04. The average molecular weight is 390 g/mol. The molecule has 1 aliphatic rings. The number of urea groups is 1. The molecule has 1 aromatic heterocycles. The summed E-state index contributed by atoms with van der Waals surface area (Å²) in [4.78, 5) is 28.7. The monoisotopic (exact) mass is 390 g/mol. The molecule has 7 nitrogen and oxygen atoms in total. The van der Waals surface area contributed by atoms with Crippen LogP contribution in [-0.2, 0) is 16.8 Å². The number of H-pyrrole nitrogens is 1. The number of methoxy groups -OCH3 is 1. The molecule has 0 aliphatic carbocycles. The molecule has 1 fully saturated rings. The van der Waals surface area contributed by atoms with Crippen LogP contribution in [0.1, 0.15) is 30.5 Å². The first kappa shape index (κ1) is 18.7. The Labute approximate surface area is 168 Å². The number of benzene rings is 2. The minimum absolute atomic E-state index is 0.432. The second-order valence-corrected chi connectivity index (χ2v) is 7.08. The number of rotatable bonds is 5. The Hall–Kier alpha value is -3.61. The second-order valence-electron chi connectivity index (χ2n) is 7.08. The quantitative estimate of drug-likeness (QED) is 0.516. The SMILES string of the molecule is CCc1cccc2c(/C=N/N3C(=O)NC(C)(c4ccc(OC)cc4)C3=O)c[nH]c12. The lowest BCUT2D eigenvalue weighted by Gasteiger charge is -2.21. The van der Waals surface area contributed by atoms with E-state index in [4.69, 9.17) is 4.74 Å². The Morgan fingerprint density at radius 3 is 2.62 bits per heavy atom. The standard InChI is InChI=1S/C22H22N4O3/c1-4-14-6-5-7-18-15(12-23-19(14)18)13-24-26-20(27)22(2,25-21(26)28)16-8-10-17(29-3)11-9-16/h5-13,23H,4H2,1-3H3,(H,25,28)/b24-13+. The lowest BCUT2D eigenvalue weighted by Crippen LogP contribution is -2.40. The van der Waals surface area contributed by atoms with Gasteiger partial charge in [0.1, 0.15) is 11.3 Å². The van der Waals surface area contributed by atoms with Crippen LogP contribution in [0.25, 0.3) is 10.9 Å². The number of aromatic amines is 1. The maximum Gasteiger partial charge on any atom is 0.346 e. The number of imide groups is 1. The maximum absolute atomic E-state index is 13.0. The van der Waals surface area contributed by atoms with E-state index in [0.29, 0.717) is 11.3 Å². The van der Waals surface area contributed by atoms with Crippen molar-refractivity contribution in [3.05, 3.63) is 65.4 Å². The summed E-state index contributed by atoms with van der Waals surface area (Å²) >= 11 is 0. The summed E-state index contributed by atoms with van der Waals surface area (Å²) in [5, 5.41) is 8.81. The van der Waals surface area contributed by atoms with Gasteiger partial charge in [-0.05, 0) is 36.6 Å². The zero-order valence-corrected chi connectivity index (χ0v) is 16.5. The Morgan fingerprint density at radius 2 is 1.93 bits per heavy atom. The Morgan fingerprint density at radius 1 is 1.17 bits per heavy atom. The van der Waals surface area contributed by atoms with E-state index in [9.17, 15) is 9.59 Å². The van der Waals surface area contributed by atoms with E-state index < -0.39 is 17.5 Å². The molecule has 2 aromatic carbocycles. The molecular formula is C22H22N4O3. The van der Waals surface area contributed by atoms with Crippen molar-refractivity contribution in [2.45, 2.75) is 25.8 Å². The summed E-state index contributed by atoms with van der Waals surface area (Å²) in [6.07, 6.45) is 4.27. The van der Waals surface area contributed by atoms with Crippen LogP contribution < -0.4 is 10.1 Å². The van der Waals surface area contributed by atoms with Crippen molar-refractivity contribution in [3.63, 3.8) is 0 Å². The number of hydrogen-bond donors (Lipinski definition) is 2. The van der Waals surface area contributed by atoms with Gasteiger partial charge in [0.15, 0.2) is 0 Å². The third-order valence-electron chi connectivity index (χ3n) is 5.36. The Balaban J connectivity index is 1.63. The fraction of sp³-hybridized carbons (Fsp3) is 0.227. The molecule has 148 valence electrons. The fourth-order valence-corrected chi connectivity index (χ4v) is 3.61. The van der Waals surface area contributed by atoms with Crippen LogP contribution in [0.2, 0.25) is 0 Å². The zero-order chi connectivity index (χ0) is 20.6. The predicted molar refractivity (Wildman–Crippen MR) is 111 cm³/mol. The van der Waals surface area contributed by atoms with E-state index in [1.54, 1.807) is 38.3 Å². The summed E-state index contributed by atoms with van der Waals surface area (Å²) in [6, 6.07) is 12.5. The average Bonchev–Trinajstić information content (AvgIpc) is 3.25. The smallest absolute Gasteiger partial charge is 0.346 e. The minimum atomic E-state index is -1.18. The van der Waals surface area contributed by atoms with Crippen molar-refractivity contribution in [1.82, 2.24) is 15.3 Å². The van der Waals surface area contributed by atoms with Crippen molar-refractivity contribution >= 4 is 29.1 Å². The minimum Gasteiger partial charge on any atom is -0.497 e. The normalized spacial score (nSPS) is 19.3. The van der Waals surface area contributed by atoms with E-state index in [1.807, 2.05) is 18.3 Å². The number of fused-ring (bicyclic) bond motifs is 1. The van der Waals surface area contributed by atoms with Gasteiger partial charge in [0.25, 0.3) is 5.91 Å². The molecular weight excluding hydrogens is 368 g/mol. The number of ether oxygens (including phenoxy) is 1. The van der Waals surface area contributed by atoms with Crippen molar-refractivity contribution in [1.29, 1.82) is 0 Å². The highest BCUT2D eigenvalue weighted by Crippen LogP contribution is 2.30. The number of carbonyl (C=O) groups is 2. The van der Waals surface area contributed by atoms with Crippen LogP contribution in [0.3, 0.4) is 0 Å². The van der Waals surface area contributed by atoms with Crippen LogP contribution in [0.4, 0.5) is 4.79 Å². The number of nitrogens with one attached hydrogen (secondary N) is 2. The summed E-state index contributed by atoms with van der Waals surface area (Å²) in [6.45, 7) is 3.76. The van der Waals surface area contributed by atoms with Crippen molar-refractivity contribution in [2.24, 2.45) is 5.10 Å². The molecule has 0 spiro atoms. The Kier molecular flexibility index (Phi) is 4.58. The number of hydrogen-bond acceptors (Lipinski definition) is 4. The van der Waals surface area contributed by atoms with Crippen molar-refractivity contribution < 1.29 is 14.3 Å². The van der Waals surface area contributed by atoms with E-state index in [2.05, 4.69) is 28.4 Å². The number of carbonyl (C=O) groups excluding carboxylic acids is 2. The fourth-order valence-electron chi connectivity index (χ4n) is 3.61. The highest BCUT2D eigenvalue weighted by Gasteiger charge is 2.49. The molecule has 3 amide bonds. The van der Waals surface area contributed by atoms with Gasteiger partial charge in [0, 0.05) is 22.7 Å². The lowest BCUT2D eigenvalue weighted by molar-refractivity contribution is -0.131. The highest BCUT2D eigenvalue weighted by atomic mass is 16.5. The van der Waals surface area contributed by atoms with Crippen LogP contribution in [0.5, 0.6) is 5.75 Å². The highest BCUT2D eigenvalue weighted by molar-refractivity contribution is 6.08. The first-order valence-corrected chi connectivity index (χ1v) is 9.42. The van der Waals surface area contributed by atoms with E-state index >= 15 is 0 Å². The van der Waals surface area contributed by atoms with Crippen LogP contribution in [-0.4, -0.2) is 35.3 Å². The van der Waals surface area contributed by atoms with Crippen LogP contribution in [0, 0.1) is 0 Å². The van der Waals surface area contributed by atoms with E-state index in [1.165, 1.54) is 11.8 Å². The summed E-state index contributed by atoms with van der Waals surface area (Å²) < 4.78 is 5.16. The van der Waals surface area contributed by atoms with Gasteiger partial charge in [-0.2, -0.15) is 5.10 Å². The predicted octanol–water partition coefficient (Wildman–Crippen LogP) is 3.54. The zero-order valence-electron chi connectivity index (χ0n) is 16.5. The maximum atomic E-state index is 13.0. The summed E-state index contributed by atoms with van der Waals surface area (Å²) in [5.74, 6) is 0.243. The molecule has 7 heteroatoms. The molecule has 0 saturated carbocycles. The van der Waals surface area contributed by atoms with Gasteiger partial charge in [0.2, 0.25) is 0 Å². The molecule has 1 aliphatic heterocycles. The van der Waals surface area contributed by atoms with Gasteiger partial charge < -0.3 is 15.0 Å². The van der Waals surface area contributed by atoms with Crippen LogP contribution in [0.15, 0.2) is 53.8 Å². The first-order chi connectivity index (χ1) is 14.0. The topological polar surface area (TPSA) is 86.8 Å². The first-order valence-electron chi connectivity index (χ1n) is 9.42. The number of hydrazone groups is 1. The largest absolute Gasteiger partial charge is 0.497 e. The molecule has 2 N–H and O–H groups in total. The van der Waals surface area contributed by atoms with Gasteiger partial charge in [-0.25, -0.2) is 4.79 Å². The van der Waals surface area contributed by atoms with Crippen molar-refractivity contribution in [2.75, 3.05) is 7.11 Å². The molecule has 0 radical (unpaired) electrons. The van der Waals surface area contributed by atoms with E-state index in [-0.39, 0.29) is 0 Å². The Bertz CT molecular complexity index is 1120. The molecule has 1 unspecified atom stereocenters. The molecule has 1 atom stereocenters. The molecule has 29 heavy (non-hydrogen) atoms. The molecule has 2 heterocycles. The molecule has 1 saturated heterocycles. The number of aryl methyl sites for hydroxylation is 1. The third-order valence-corrected chi connectivity index (χ3v) is 5.36. The van der Waals surface area contributed by atoms with Crippen molar-refractivity contribution in [3.8, 4) is 5.75 Å². The molecule has 3 aromatic rings. The molecule has 4 rings (SSSR count). The second kappa shape index (κ2) is 7.09. The van der Waals surface area contributed by atoms with Gasteiger partial charge in [0.05, 0.1) is 13.3 Å². The summed E-state index contributed by atoms with van der Waals surface area (Å²) in [5.41, 5.74) is 2.53. The molecule has 0 bridgehead atoms. The summed E-state index contributed by atoms with van der Waals surface area (Å²) in [7, 11) is 1.57. The number of nitrogens with zero attached hydrogens (tertiary/aromatic N) is 2. The number of aromatic nitrogens is 1. The van der Waals surface area contributed by atoms with Gasteiger partial charge in [-0.3, -0.25) is 4.79 Å². The number of amides is 3. The van der Waals surface area contributed by atoms with E-state index in [0.717, 1.165) is 27.9 Å². The lowest BCUT2D eigenvalue weighted by atomic mass is 9.92.